The molecule has 2 rings (SSSR count). The van der Waals surface area contributed by atoms with E-state index in [1.165, 1.54) is 19.2 Å². The van der Waals surface area contributed by atoms with Crippen molar-refractivity contribution in [2.45, 2.75) is 0 Å². The Morgan fingerprint density at radius 2 is 1.85 bits per heavy atom. The number of nitrogens with one attached hydrogen (secondary N) is 1. The van der Waals surface area contributed by atoms with E-state index in [0.717, 1.165) is 12.1 Å². The first kappa shape index (κ1) is 13.8. The monoisotopic (exact) mass is 278 g/mol. The summed E-state index contributed by atoms with van der Waals surface area (Å²) in [5, 5.41) is 2.38. The van der Waals surface area contributed by atoms with Crippen molar-refractivity contribution in [3.63, 3.8) is 0 Å². The lowest BCUT2D eigenvalue weighted by molar-refractivity contribution is 0.101. The van der Waals surface area contributed by atoms with E-state index in [9.17, 15) is 13.6 Å². The molecule has 0 aliphatic carbocycles. The predicted molar refractivity (Wildman–Crippen MR) is 71.7 cm³/mol. The van der Waals surface area contributed by atoms with Crippen LogP contribution in [0, 0.1) is 11.6 Å². The van der Waals surface area contributed by atoms with Gasteiger partial charge in [0.2, 0.25) is 0 Å². The Balaban J connectivity index is 2.35. The molecule has 1 amide bonds. The number of carbonyl (C=O) groups excluding carboxylic acids is 1. The van der Waals surface area contributed by atoms with Crippen LogP contribution in [0.2, 0.25) is 0 Å². The molecule has 0 radical (unpaired) electrons. The van der Waals surface area contributed by atoms with Crippen molar-refractivity contribution < 1.29 is 18.3 Å². The van der Waals surface area contributed by atoms with Crippen LogP contribution in [0.5, 0.6) is 5.75 Å². The fraction of sp³-hybridized carbons (Fsp3) is 0.0714. The Hall–Kier alpha value is -2.63. The van der Waals surface area contributed by atoms with Crippen LogP contribution in [0.3, 0.4) is 0 Å². The summed E-state index contributed by atoms with van der Waals surface area (Å²) in [5.41, 5.74) is 5.57. The molecule has 6 heteroatoms. The van der Waals surface area contributed by atoms with E-state index in [4.69, 9.17) is 10.5 Å². The molecule has 0 heterocycles. The first-order valence-corrected chi connectivity index (χ1v) is 5.72. The molecule has 4 nitrogen and oxygen atoms in total. The molecule has 0 aromatic heterocycles. The fourth-order valence-electron chi connectivity index (χ4n) is 1.72. The maximum Gasteiger partial charge on any atom is 0.261 e. The second-order valence-electron chi connectivity index (χ2n) is 4.01. The van der Waals surface area contributed by atoms with Gasteiger partial charge in [-0.3, -0.25) is 4.79 Å². The molecule has 0 bridgehead atoms. The number of halogens is 2. The number of anilines is 2. The van der Waals surface area contributed by atoms with Crippen LogP contribution >= 0.6 is 0 Å². The molecule has 20 heavy (non-hydrogen) atoms. The first-order valence-electron chi connectivity index (χ1n) is 5.72. The van der Waals surface area contributed by atoms with Crippen molar-refractivity contribution in [2.24, 2.45) is 0 Å². The summed E-state index contributed by atoms with van der Waals surface area (Å²) < 4.78 is 32.1. The Kier molecular flexibility index (Phi) is 3.84. The predicted octanol–water partition coefficient (Wildman–Crippen LogP) is 2.81. The van der Waals surface area contributed by atoms with Crippen LogP contribution in [0.15, 0.2) is 36.4 Å². The number of methoxy groups -OCH3 is 1. The van der Waals surface area contributed by atoms with Gasteiger partial charge in [-0.05, 0) is 30.3 Å². The third-order valence-corrected chi connectivity index (χ3v) is 2.66. The van der Waals surface area contributed by atoms with Gasteiger partial charge in [0.15, 0.2) is 0 Å². The number of rotatable bonds is 3. The lowest BCUT2D eigenvalue weighted by atomic mass is 10.1. The van der Waals surface area contributed by atoms with Crippen molar-refractivity contribution in [1.82, 2.24) is 0 Å². The largest absolute Gasteiger partial charge is 0.495 e. The number of hydrogen-bond acceptors (Lipinski definition) is 3. The molecule has 3 N–H and O–H groups in total. The molecule has 0 saturated heterocycles. The molecule has 104 valence electrons. The molecule has 2 aromatic carbocycles. The topological polar surface area (TPSA) is 64.3 Å². The van der Waals surface area contributed by atoms with Crippen molar-refractivity contribution in [2.75, 3.05) is 18.2 Å². The number of hydrogen-bond donors (Lipinski definition) is 2. The molecule has 0 saturated carbocycles. The number of amides is 1. The highest BCUT2D eigenvalue weighted by Crippen LogP contribution is 2.27. The average molecular weight is 278 g/mol. The first-order chi connectivity index (χ1) is 9.52. The molecule has 0 aliphatic heterocycles. The molecule has 0 aliphatic rings. The lowest BCUT2D eigenvalue weighted by Crippen LogP contribution is -2.16. The van der Waals surface area contributed by atoms with E-state index < -0.39 is 23.1 Å². The minimum absolute atomic E-state index is 0.236. The Morgan fingerprint density at radius 1 is 1.20 bits per heavy atom. The summed E-state index contributed by atoms with van der Waals surface area (Å²) in [5.74, 6) is -2.45. The highest BCUT2D eigenvalue weighted by molar-refractivity contribution is 6.05. The second-order valence-corrected chi connectivity index (χ2v) is 4.01. The van der Waals surface area contributed by atoms with Crippen LogP contribution in [-0.4, -0.2) is 13.0 Å². The van der Waals surface area contributed by atoms with Gasteiger partial charge >= 0.3 is 0 Å². The summed E-state index contributed by atoms with van der Waals surface area (Å²) in [7, 11) is 1.41. The summed E-state index contributed by atoms with van der Waals surface area (Å²) in [4.78, 5) is 11.9. The molecular weight excluding hydrogens is 266 g/mol. The maximum absolute atomic E-state index is 13.5. The molecule has 2 aromatic rings. The smallest absolute Gasteiger partial charge is 0.261 e. The van der Waals surface area contributed by atoms with Gasteiger partial charge in [-0.1, -0.05) is 6.07 Å². The summed E-state index contributed by atoms with van der Waals surface area (Å²) in [6.07, 6.45) is 0. The normalized spacial score (nSPS) is 10.2. The van der Waals surface area contributed by atoms with Crippen LogP contribution in [-0.2, 0) is 0 Å². The van der Waals surface area contributed by atoms with Gasteiger partial charge in [0.25, 0.3) is 5.91 Å². The number of ether oxygens (including phenoxy) is 1. The van der Waals surface area contributed by atoms with Gasteiger partial charge in [-0.15, -0.1) is 0 Å². The Labute approximate surface area is 114 Å². The molecule has 0 atom stereocenters. The van der Waals surface area contributed by atoms with E-state index >= 15 is 0 Å². The van der Waals surface area contributed by atoms with Gasteiger partial charge in [-0.25, -0.2) is 8.78 Å². The SMILES string of the molecule is COc1ccc(N)cc1NC(=O)c1c(F)cccc1F. The van der Waals surface area contributed by atoms with E-state index in [0.29, 0.717) is 11.4 Å². The minimum Gasteiger partial charge on any atom is -0.495 e. The average Bonchev–Trinajstić information content (AvgIpc) is 2.38. The molecular formula is C14H12F2N2O2. The van der Waals surface area contributed by atoms with Gasteiger partial charge in [0, 0.05) is 5.69 Å². The van der Waals surface area contributed by atoms with E-state index in [2.05, 4.69) is 5.32 Å². The van der Waals surface area contributed by atoms with Crippen LogP contribution in [0.25, 0.3) is 0 Å². The summed E-state index contributed by atoms with van der Waals surface area (Å²) in [6.45, 7) is 0. The minimum atomic E-state index is -0.939. The highest BCUT2D eigenvalue weighted by Gasteiger charge is 2.18. The zero-order valence-corrected chi connectivity index (χ0v) is 10.6. The number of nitrogen functional groups attached to an aromatic ring is 1. The molecule has 0 spiro atoms. The standard InChI is InChI=1S/C14H12F2N2O2/c1-20-12-6-5-8(17)7-11(12)18-14(19)13-9(15)3-2-4-10(13)16/h2-7H,17H2,1H3,(H,18,19). The Morgan fingerprint density at radius 3 is 2.45 bits per heavy atom. The van der Waals surface area contributed by atoms with E-state index in [1.807, 2.05) is 0 Å². The quantitative estimate of drug-likeness (QED) is 0.848. The lowest BCUT2D eigenvalue weighted by Gasteiger charge is -2.11. The third-order valence-electron chi connectivity index (χ3n) is 2.66. The van der Waals surface area contributed by atoms with E-state index in [-0.39, 0.29) is 5.69 Å². The van der Waals surface area contributed by atoms with Crippen molar-refractivity contribution in [3.8, 4) is 5.75 Å². The van der Waals surface area contributed by atoms with Gasteiger partial charge < -0.3 is 15.8 Å². The van der Waals surface area contributed by atoms with Crippen LogP contribution in [0.1, 0.15) is 10.4 Å². The van der Waals surface area contributed by atoms with Crippen molar-refractivity contribution >= 4 is 17.3 Å². The van der Waals surface area contributed by atoms with Crippen molar-refractivity contribution in [3.05, 3.63) is 53.6 Å². The fourth-order valence-corrected chi connectivity index (χ4v) is 1.72. The second kappa shape index (κ2) is 5.56. The van der Waals surface area contributed by atoms with Crippen molar-refractivity contribution in [1.29, 1.82) is 0 Å². The Bertz CT molecular complexity index is 639. The molecule has 0 unspecified atom stereocenters. The van der Waals surface area contributed by atoms with Crippen LogP contribution in [0.4, 0.5) is 20.2 Å². The summed E-state index contributed by atoms with van der Waals surface area (Å²) >= 11 is 0. The summed E-state index contributed by atoms with van der Waals surface area (Å²) in [6, 6.07) is 7.77. The number of benzene rings is 2. The van der Waals surface area contributed by atoms with Crippen LogP contribution < -0.4 is 15.8 Å². The number of carbonyl (C=O) groups is 1. The zero-order valence-electron chi connectivity index (χ0n) is 10.6. The van der Waals surface area contributed by atoms with Gasteiger partial charge in [0.05, 0.1) is 12.8 Å². The molecule has 0 fully saturated rings. The zero-order chi connectivity index (χ0) is 14.7. The van der Waals surface area contributed by atoms with Gasteiger partial charge in [-0.2, -0.15) is 0 Å². The third kappa shape index (κ3) is 2.69. The van der Waals surface area contributed by atoms with Gasteiger partial charge in [0.1, 0.15) is 22.9 Å². The highest BCUT2D eigenvalue weighted by atomic mass is 19.1. The maximum atomic E-state index is 13.5. The number of nitrogens with two attached hydrogens (primary N) is 1. The van der Waals surface area contributed by atoms with E-state index in [1.54, 1.807) is 12.1 Å².